The molecular weight excluding hydrogens is 458 g/mol. The van der Waals surface area contributed by atoms with Crippen molar-refractivity contribution in [1.29, 1.82) is 0 Å². The van der Waals surface area contributed by atoms with Crippen LogP contribution in [-0.2, 0) is 4.79 Å². The number of rotatable bonds is 7. The lowest BCUT2D eigenvalue weighted by Crippen LogP contribution is -2.28. The minimum atomic E-state index is -0.315. The number of amides is 3. The van der Waals surface area contributed by atoms with E-state index in [-0.39, 0.29) is 30.7 Å². The number of hydrogen-bond donors (Lipinski definition) is 3. The average Bonchev–Trinajstić information content (AvgIpc) is 2.74. The summed E-state index contributed by atoms with van der Waals surface area (Å²) in [5.74, 6) is -0.866. The Morgan fingerprint density at radius 1 is 0.839 bits per heavy atom. The van der Waals surface area contributed by atoms with Crippen LogP contribution in [-0.4, -0.2) is 24.3 Å². The van der Waals surface area contributed by atoms with E-state index >= 15 is 0 Å². The van der Waals surface area contributed by atoms with Crippen LogP contribution in [0.2, 0.25) is 0 Å². The zero-order valence-corrected chi connectivity index (χ0v) is 18.5. The molecule has 0 radical (unpaired) electrons. The van der Waals surface area contributed by atoms with Gasteiger partial charge in [-0.2, -0.15) is 0 Å². The maximum absolute atomic E-state index is 12.7. The molecule has 0 atom stereocenters. The first-order valence-electron chi connectivity index (χ1n) is 9.73. The van der Waals surface area contributed by atoms with Gasteiger partial charge in [-0.15, -0.1) is 0 Å². The van der Waals surface area contributed by atoms with Crippen LogP contribution in [0.5, 0.6) is 0 Å². The number of nitrogens with one attached hydrogen (secondary N) is 3. The topological polar surface area (TPSA) is 87.3 Å². The van der Waals surface area contributed by atoms with Crippen LogP contribution in [0.1, 0.15) is 32.7 Å². The molecule has 0 aliphatic carbocycles. The number of benzene rings is 3. The van der Waals surface area contributed by atoms with Gasteiger partial charge in [0, 0.05) is 28.7 Å². The maximum atomic E-state index is 12.7. The summed E-state index contributed by atoms with van der Waals surface area (Å²) in [6.07, 6.45) is 0.0795. The summed E-state index contributed by atoms with van der Waals surface area (Å²) in [6.45, 7) is 2.12. The molecule has 7 heteroatoms. The molecule has 0 aliphatic heterocycles. The first-order valence-corrected chi connectivity index (χ1v) is 10.5. The van der Waals surface area contributed by atoms with E-state index in [1.807, 2.05) is 25.1 Å². The Hall–Kier alpha value is -3.45. The second kappa shape index (κ2) is 10.5. The third-order valence-corrected chi connectivity index (χ3v) is 4.99. The molecule has 0 heterocycles. The average molecular weight is 480 g/mol. The highest BCUT2D eigenvalue weighted by atomic mass is 79.9. The van der Waals surface area contributed by atoms with E-state index in [4.69, 9.17) is 0 Å². The minimum Gasteiger partial charge on any atom is -0.352 e. The molecule has 3 rings (SSSR count). The van der Waals surface area contributed by atoms with Crippen molar-refractivity contribution in [2.24, 2.45) is 0 Å². The van der Waals surface area contributed by atoms with Gasteiger partial charge >= 0.3 is 0 Å². The van der Waals surface area contributed by atoms with Gasteiger partial charge in [0.2, 0.25) is 5.91 Å². The van der Waals surface area contributed by atoms with Crippen molar-refractivity contribution >= 4 is 45.0 Å². The van der Waals surface area contributed by atoms with Crippen molar-refractivity contribution in [2.45, 2.75) is 13.3 Å². The van der Waals surface area contributed by atoms with E-state index in [9.17, 15) is 14.4 Å². The predicted octanol–water partition coefficient (Wildman–Crippen LogP) is 4.77. The molecule has 0 fully saturated rings. The van der Waals surface area contributed by atoms with Gasteiger partial charge in [0.25, 0.3) is 11.8 Å². The molecule has 0 saturated carbocycles. The fraction of sp³-hybridized carbons (Fsp3) is 0.125. The van der Waals surface area contributed by atoms with Crippen molar-refractivity contribution in [1.82, 2.24) is 5.32 Å². The quantitative estimate of drug-likeness (QED) is 0.456. The Kier molecular flexibility index (Phi) is 7.56. The molecule has 158 valence electrons. The Morgan fingerprint density at radius 2 is 1.58 bits per heavy atom. The van der Waals surface area contributed by atoms with Crippen LogP contribution in [0.3, 0.4) is 0 Å². The first-order chi connectivity index (χ1) is 14.9. The zero-order chi connectivity index (χ0) is 22.2. The van der Waals surface area contributed by atoms with Crippen LogP contribution in [0.4, 0.5) is 11.4 Å². The largest absolute Gasteiger partial charge is 0.352 e. The Morgan fingerprint density at radius 3 is 2.32 bits per heavy atom. The number of anilines is 2. The summed E-state index contributed by atoms with van der Waals surface area (Å²) < 4.78 is 0.883. The molecule has 0 aromatic heterocycles. The van der Waals surface area contributed by atoms with Crippen LogP contribution in [0.15, 0.2) is 77.3 Å². The second-order valence-corrected chi connectivity index (χ2v) is 7.85. The summed E-state index contributed by atoms with van der Waals surface area (Å²) in [5.41, 5.74) is 3.00. The maximum Gasteiger partial charge on any atom is 0.257 e. The van der Waals surface area contributed by atoms with Crippen molar-refractivity contribution in [3.63, 3.8) is 0 Å². The summed E-state index contributed by atoms with van der Waals surface area (Å²) in [7, 11) is 0. The molecule has 3 aromatic carbocycles. The molecule has 3 amide bonds. The number of carbonyl (C=O) groups is 3. The normalized spacial score (nSPS) is 10.3. The zero-order valence-electron chi connectivity index (χ0n) is 16.9. The molecule has 0 saturated heterocycles. The van der Waals surface area contributed by atoms with E-state index in [0.29, 0.717) is 22.5 Å². The molecule has 0 unspecified atom stereocenters. The summed E-state index contributed by atoms with van der Waals surface area (Å²) in [4.78, 5) is 37.2. The third kappa shape index (κ3) is 6.52. The van der Waals surface area contributed by atoms with Crippen LogP contribution >= 0.6 is 15.9 Å². The van der Waals surface area contributed by atoms with Crippen LogP contribution in [0, 0.1) is 6.92 Å². The lowest BCUT2D eigenvalue weighted by molar-refractivity contribution is -0.116. The van der Waals surface area contributed by atoms with Gasteiger partial charge in [0.1, 0.15) is 0 Å². The second-order valence-electron chi connectivity index (χ2n) is 6.93. The van der Waals surface area contributed by atoms with Gasteiger partial charge in [0.05, 0.1) is 11.3 Å². The van der Waals surface area contributed by atoms with E-state index in [2.05, 4.69) is 31.9 Å². The standard InChI is InChI=1S/C24H22BrN3O3/c1-16-5-4-6-19(15-16)27-24(31)20-7-2-3-8-21(20)28-22(29)13-14-26-23(30)17-9-11-18(25)12-10-17/h2-12,15H,13-14H2,1H3,(H,26,30)(H,27,31)(H,28,29). The van der Waals surface area contributed by atoms with Gasteiger partial charge in [-0.1, -0.05) is 40.2 Å². The molecule has 3 aromatic rings. The molecular formula is C24H22BrN3O3. The van der Waals surface area contributed by atoms with E-state index in [1.54, 1.807) is 54.6 Å². The number of hydrogen-bond acceptors (Lipinski definition) is 3. The van der Waals surface area contributed by atoms with Gasteiger partial charge in [-0.3, -0.25) is 14.4 Å². The third-order valence-electron chi connectivity index (χ3n) is 4.47. The molecule has 31 heavy (non-hydrogen) atoms. The molecule has 0 spiro atoms. The van der Waals surface area contributed by atoms with Gasteiger partial charge in [-0.05, 0) is 61.0 Å². The van der Waals surface area contributed by atoms with Gasteiger partial charge in [-0.25, -0.2) is 0 Å². The van der Waals surface area contributed by atoms with Crippen LogP contribution in [0.25, 0.3) is 0 Å². The first kappa shape index (κ1) is 22.2. The van der Waals surface area contributed by atoms with E-state index < -0.39 is 0 Å². The predicted molar refractivity (Wildman–Crippen MR) is 125 cm³/mol. The van der Waals surface area contributed by atoms with E-state index in [0.717, 1.165) is 10.0 Å². The molecule has 6 nitrogen and oxygen atoms in total. The highest BCUT2D eigenvalue weighted by molar-refractivity contribution is 9.10. The number of carbonyl (C=O) groups excluding carboxylic acids is 3. The molecule has 0 aliphatic rings. The summed E-state index contributed by atoms with van der Waals surface area (Å²) in [5, 5.41) is 8.31. The van der Waals surface area contributed by atoms with Gasteiger partial charge in [0.15, 0.2) is 0 Å². The number of para-hydroxylation sites is 1. The van der Waals surface area contributed by atoms with Crippen molar-refractivity contribution < 1.29 is 14.4 Å². The van der Waals surface area contributed by atoms with Crippen molar-refractivity contribution in [3.8, 4) is 0 Å². The Balaban J connectivity index is 1.56. The lowest BCUT2D eigenvalue weighted by atomic mass is 10.1. The molecule has 0 bridgehead atoms. The highest BCUT2D eigenvalue weighted by Gasteiger charge is 2.14. The fourth-order valence-electron chi connectivity index (χ4n) is 2.92. The smallest absolute Gasteiger partial charge is 0.257 e. The Labute approximate surface area is 189 Å². The van der Waals surface area contributed by atoms with Crippen molar-refractivity contribution in [2.75, 3.05) is 17.2 Å². The molecule has 3 N–H and O–H groups in total. The number of halogens is 1. The summed E-state index contributed by atoms with van der Waals surface area (Å²) >= 11 is 3.32. The van der Waals surface area contributed by atoms with E-state index in [1.165, 1.54) is 0 Å². The minimum absolute atomic E-state index is 0.0795. The van der Waals surface area contributed by atoms with Crippen molar-refractivity contribution in [3.05, 3.63) is 94.0 Å². The highest BCUT2D eigenvalue weighted by Crippen LogP contribution is 2.18. The SMILES string of the molecule is Cc1cccc(NC(=O)c2ccccc2NC(=O)CCNC(=O)c2ccc(Br)cc2)c1. The summed E-state index contributed by atoms with van der Waals surface area (Å²) in [6, 6.07) is 21.2. The lowest BCUT2D eigenvalue weighted by Gasteiger charge is -2.12. The monoisotopic (exact) mass is 479 g/mol. The van der Waals surface area contributed by atoms with Crippen LogP contribution < -0.4 is 16.0 Å². The van der Waals surface area contributed by atoms with Gasteiger partial charge < -0.3 is 16.0 Å². The Bertz CT molecular complexity index is 1100. The fourth-order valence-corrected chi connectivity index (χ4v) is 3.18. The number of aryl methyl sites for hydroxylation is 1.